The lowest BCUT2D eigenvalue weighted by Crippen LogP contribution is -2.53. The van der Waals surface area contributed by atoms with Gasteiger partial charge in [0.25, 0.3) is 5.91 Å². The summed E-state index contributed by atoms with van der Waals surface area (Å²) in [6, 6.07) is 6.32. The number of carbonyl (C=O) groups excluding carboxylic acids is 3. The van der Waals surface area contributed by atoms with E-state index >= 15 is 0 Å². The van der Waals surface area contributed by atoms with Gasteiger partial charge in [0.2, 0.25) is 5.91 Å². The molecule has 9 nitrogen and oxygen atoms in total. The average molecular weight is 410 g/mol. The van der Waals surface area contributed by atoms with Crippen molar-refractivity contribution in [2.45, 2.75) is 32.9 Å². The molecule has 9 heteroatoms. The van der Waals surface area contributed by atoms with Gasteiger partial charge in [-0.1, -0.05) is 18.2 Å². The van der Waals surface area contributed by atoms with E-state index in [1.807, 2.05) is 6.92 Å². The summed E-state index contributed by atoms with van der Waals surface area (Å²) in [5.41, 5.74) is 1.28. The average Bonchev–Trinajstić information content (AvgIpc) is 3.33. The second kappa shape index (κ2) is 7.33. The molecule has 1 aromatic heterocycles. The molecule has 1 fully saturated rings. The Labute approximate surface area is 173 Å². The van der Waals surface area contributed by atoms with Crippen LogP contribution in [0.25, 0.3) is 0 Å². The molecule has 4 amide bonds. The normalized spacial score (nSPS) is 21.3. The highest BCUT2D eigenvalue weighted by Gasteiger charge is 2.51. The lowest BCUT2D eigenvalue weighted by Gasteiger charge is -2.32. The maximum Gasteiger partial charge on any atom is 0.322 e. The molecule has 0 spiro atoms. The van der Waals surface area contributed by atoms with Crippen molar-refractivity contribution in [1.82, 2.24) is 20.5 Å². The minimum Gasteiger partial charge on any atom is -0.485 e. The summed E-state index contributed by atoms with van der Waals surface area (Å²) >= 11 is 0. The SMILES string of the molecule is CC1=C(C)C(=O)N(CC2(c3ccccc3OCc3ocnc3C)NC(=O)NC2=O)C1. The third kappa shape index (κ3) is 3.22. The fourth-order valence-corrected chi connectivity index (χ4v) is 3.74. The number of carbonyl (C=O) groups is 3. The van der Waals surface area contributed by atoms with Gasteiger partial charge in [-0.05, 0) is 32.4 Å². The molecular weight excluding hydrogens is 388 g/mol. The molecule has 30 heavy (non-hydrogen) atoms. The summed E-state index contributed by atoms with van der Waals surface area (Å²) in [6.45, 7) is 5.93. The number of aryl methyl sites for hydroxylation is 1. The van der Waals surface area contributed by atoms with E-state index in [-0.39, 0.29) is 19.1 Å². The molecule has 3 heterocycles. The van der Waals surface area contributed by atoms with Crippen LogP contribution in [0.2, 0.25) is 0 Å². The predicted octanol–water partition coefficient (Wildman–Crippen LogP) is 1.78. The van der Waals surface area contributed by atoms with Crippen LogP contribution in [0.5, 0.6) is 5.75 Å². The summed E-state index contributed by atoms with van der Waals surface area (Å²) in [5, 5.41) is 5.03. The third-order valence-corrected chi connectivity index (χ3v) is 5.60. The molecule has 1 saturated heterocycles. The zero-order valence-electron chi connectivity index (χ0n) is 16.9. The standard InChI is InChI=1S/C21H22N4O5/c1-12-8-25(18(26)13(12)2)10-21(19(27)23-20(28)24-21)15-6-4-5-7-16(15)29-9-17-14(3)22-11-30-17/h4-7,11H,8-10H2,1-3H3,(H2,23,24,27,28). The van der Waals surface area contributed by atoms with E-state index in [1.54, 1.807) is 43.0 Å². The monoisotopic (exact) mass is 410 g/mol. The Hall–Kier alpha value is -3.62. The van der Waals surface area contributed by atoms with E-state index in [1.165, 1.54) is 6.39 Å². The Kier molecular flexibility index (Phi) is 4.81. The Morgan fingerprint density at radius 3 is 2.57 bits per heavy atom. The Morgan fingerprint density at radius 2 is 1.97 bits per heavy atom. The first-order chi connectivity index (χ1) is 14.3. The van der Waals surface area contributed by atoms with Crippen LogP contribution in [0.3, 0.4) is 0 Å². The van der Waals surface area contributed by atoms with Crippen LogP contribution in [0, 0.1) is 6.92 Å². The van der Waals surface area contributed by atoms with Gasteiger partial charge in [-0.3, -0.25) is 14.9 Å². The number of para-hydroxylation sites is 1. The molecule has 1 aromatic carbocycles. The molecule has 156 valence electrons. The van der Waals surface area contributed by atoms with Gasteiger partial charge in [-0.25, -0.2) is 9.78 Å². The highest BCUT2D eigenvalue weighted by molar-refractivity contribution is 6.08. The maximum absolute atomic E-state index is 13.0. The van der Waals surface area contributed by atoms with E-state index in [4.69, 9.17) is 9.15 Å². The number of ether oxygens (including phenoxy) is 1. The van der Waals surface area contributed by atoms with Crippen molar-refractivity contribution in [3.8, 4) is 5.75 Å². The first-order valence-corrected chi connectivity index (χ1v) is 9.52. The van der Waals surface area contributed by atoms with Crippen molar-refractivity contribution in [3.63, 3.8) is 0 Å². The molecule has 1 unspecified atom stereocenters. The van der Waals surface area contributed by atoms with E-state index in [0.29, 0.717) is 34.9 Å². The fraction of sp³-hybridized carbons (Fsp3) is 0.333. The van der Waals surface area contributed by atoms with E-state index in [2.05, 4.69) is 15.6 Å². The summed E-state index contributed by atoms with van der Waals surface area (Å²) < 4.78 is 11.3. The Balaban J connectivity index is 1.69. The smallest absolute Gasteiger partial charge is 0.322 e. The molecule has 0 aliphatic carbocycles. The highest BCUT2D eigenvalue weighted by atomic mass is 16.5. The van der Waals surface area contributed by atoms with Crippen molar-refractivity contribution in [1.29, 1.82) is 0 Å². The molecule has 0 radical (unpaired) electrons. The molecule has 1 atom stereocenters. The topological polar surface area (TPSA) is 114 Å². The van der Waals surface area contributed by atoms with Gasteiger partial charge in [-0.15, -0.1) is 0 Å². The first kappa shape index (κ1) is 19.7. The van der Waals surface area contributed by atoms with Gasteiger partial charge in [0.15, 0.2) is 17.7 Å². The number of urea groups is 1. The molecule has 0 bridgehead atoms. The molecule has 0 saturated carbocycles. The quantitative estimate of drug-likeness (QED) is 0.702. The number of hydrogen-bond acceptors (Lipinski definition) is 6. The summed E-state index contributed by atoms with van der Waals surface area (Å²) in [7, 11) is 0. The largest absolute Gasteiger partial charge is 0.485 e. The van der Waals surface area contributed by atoms with Gasteiger partial charge in [0.1, 0.15) is 12.4 Å². The number of amides is 4. The molecule has 2 aliphatic heterocycles. The van der Waals surface area contributed by atoms with Crippen molar-refractivity contribution in [3.05, 3.63) is 58.8 Å². The van der Waals surface area contributed by atoms with E-state index in [9.17, 15) is 14.4 Å². The summed E-state index contributed by atoms with van der Waals surface area (Å²) in [6.07, 6.45) is 1.34. The van der Waals surface area contributed by atoms with Crippen molar-refractivity contribution >= 4 is 17.8 Å². The number of nitrogens with one attached hydrogen (secondary N) is 2. The minimum absolute atomic E-state index is 0.0141. The number of aromatic nitrogens is 1. The number of oxazole rings is 1. The number of hydrogen-bond donors (Lipinski definition) is 2. The molecule has 2 aromatic rings. The van der Waals surface area contributed by atoms with Crippen LogP contribution in [-0.4, -0.2) is 40.8 Å². The predicted molar refractivity (Wildman–Crippen MR) is 105 cm³/mol. The Bertz CT molecular complexity index is 1070. The molecule has 2 aliphatic rings. The van der Waals surface area contributed by atoms with Gasteiger partial charge >= 0.3 is 6.03 Å². The summed E-state index contributed by atoms with van der Waals surface area (Å²) in [5.74, 6) is 0.272. The van der Waals surface area contributed by atoms with Crippen molar-refractivity contribution in [2.24, 2.45) is 0 Å². The van der Waals surface area contributed by atoms with Gasteiger partial charge in [0, 0.05) is 17.7 Å². The van der Waals surface area contributed by atoms with Gasteiger partial charge < -0.3 is 19.4 Å². The number of benzene rings is 1. The minimum atomic E-state index is -1.47. The number of nitrogens with zero attached hydrogens (tertiary/aromatic N) is 2. The van der Waals surface area contributed by atoms with Crippen LogP contribution in [-0.2, 0) is 21.7 Å². The van der Waals surface area contributed by atoms with Crippen LogP contribution in [0.15, 0.2) is 46.2 Å². The van der Waals surface area contributed by atoms with Gasteiger partial charge in [0.05, 0.1) is 12.2 Å². The fourth-order valence-electron chi connectivity index (χ4n) is 3.74. The molecular formula is C21H22N4O5. The van der Waals surface area contributed by atoms with Gasteiger partial charge in [-0.2, -0.15) is 0 Å². The first-order valence-electron chi connectivity index (χ1n) is 9.52. The molecule has 4 rings (SSSR count). The van der Waals surface area contributed by atoms with Crippen molar-refractivity contribution in [2.75, 3.05) is 13.1 Å². The van der Waals surface area contributed by atoms with E-state index < -0.39 is 17.5 Å². The zero-order chi connectivity index (χ0) is 21.5. The lowest BCUT2D eigenvalue weighted by atomic mass is 9.88. The lowest BCUT2D eigenvalue weighted by molar-refractivity contribution is -0.129. The highest BCUT2D eigenvalue weighted by Crippen LogP contribution is 2.35. The van der Waals surface area contributed by atoms with Crippen LogP contribution in [0.1, 0.15) is 30.9 Å². The zero-order valence-corrected chi connectivity index (χ0v) is 16.9. The van der Waals surface area contributed by atoms with Crippen LogP contribution >= 0.6 is 0 Å². The van der Waals surface area contributed by atoms with Crippen LogP contribution < -0.4 is 15.4 Å². The summed E-state index contributed by atoms with van der Waals surface area (Å²) in [4.78, 5) is 43.3. The van der Waals surface area contributed by atoms with E-state index in [0.717, 1.165) is 5.57 Å². The molecule has 2 N–H and O–H groups in total. The third-order valence-electron chi connectivity index (χ3n) is 5.60. The second-order valence-electron chi connectivity index (χ2n) is 7.53. The second-order valence-corrected chi connectivity index (χ2v) is 7.53. The van der Waals surface area contributed by atoms with Crippen LogP contribution in [0.4, 0.5) is 4.79 Å². The maximum atomic E-state index is 13.0. The van der Waals surface area contributed by atoms with Crippen molar-refractivity contribution < 1.29 is 23.5 Å². The Morgan fingerprint density at radius 1 is 1.20 bits per heavy atom. The number of imide groups is 1. The number of rotatable bonds is 6.